The van der Waals surface area contributed by atoms with Gasteiger partial charge in [0.25, 0.3) is 0 Å². The summed E-state index contributed by atoms with van der Waals surface area (Å²) in [6.07, 6.45) is 5.97. The van der Waals surface area contributed by atoms with Gasteiger partial charge in [-0.05, 0) is 25.8 Å². The minimum atomic E-state index is 0.466. The van der Waals surface area contributed by atoms with Crippen LogP contribution in [-0.4, -0.2) is 9.78 Å². The summed E-state index contributed by atoms with van der Waals surface area (Å²) < 4.78 is 1.95. The van der Waals surface area contributed by atoms with Crippen LogP contribution in [0.5, 0.6) is 0 Å². The van der Waals surface area contributed by atoms with Crippen molar-refractivity contribution in [1.82, 2.24) is 9.78 Å². The molecule has 1 aromatic heterocycles. The third kappa shape index (κ3) is 1.38. The van der Waals surface area contributed by atoms with Gasteiger partial charge in [0.2, 0.25) is 0 Å². The lowest BCUT2D eigenvalue weighted by atomic mass is 10.3. The van der Waals surface area contributed by atoms with Gasteiger partial charge in [-0.3, -0.25) is 4.68 Å². The number of aromatic nitrogens is 2. The molecule has 0 N–H and O–H groups in total. The molecule has 0 unspecified atom stereocenters. The topological polar surface area (TPSA) is 17.8 Å². The summed E-state index contributed by atoms with van der Waals surface area (Å²) >= 11 is 0. The maximum absolute atomic E-state index is 4.17. The van der Waals surface area contributed by atoms with Gasteiger partial charge in [0.1, 0.15) is 0 Å². The van der Waals surface area contributed by atoms with Crippen molar-refractivity contribution in [3.8, 4) is 0 Å². The SMILES string of the molecule is C[CH]c1cnn(C(C)C)c1. The highest BCUT2D eigenvalue weighted by atomic mass is 15.3. The molecule has 0 fully saturated rings. The lowest BCUT2D eigenvalue weighted by Crippen LogP contribution is -1.99. The van der Waals surface area contributed by atoms with Gasteiger partial charge in [-0.15, -0.1) is 0 Å². The Morgan fingerprint density at radius 2 is 2.30 bits per heavy atom. The fourth-order valence-corrected chi connectivity index (χ4v) is 0.784. The van der Waals surface area contributed by atoms with E-state index in [0.717, 1.165) is 0 Å². The minimum absolute atomic E-state index is 0.466. The van der Waals surface area contributed by atoms with Gasteiger partial charge in [0.15, 0.2) is 0 Å². The number of rotatable bonds is 2. The van der Waals surface area contributed by atoms with Crippen LogP contribution in [0, 0.1) is 6.42 Å². The predicted molar refractivity (Wildman–Crippen MR) is 41.7 cm³/mol. The van der Waals surface area contributed by atoms with Crippen LogP contribution >= 0.6 is 0 Å². The second-order valence-corrected chi connectivity index (χ2v) is 2.64. The molecule has 0 saturated carbocycles. The monoisotopic (exact) mass is 137 g/mol. The van der Waals surface area contributed by atoms with Crippen molar-refractivity contribution in [3.05, 3.63) is 24.4 Å². The third-order valence-electron chi connectivity index (χ3n) is 1.48. The Kier molecular flexibility index (Phi) is 2.10. The first-order chi connectivity index (χ1) is 4.74. The molecule has 0 atom stereocenters. The Balaban J connectivity index is 2.78. The third-order valence-corrected chi connectivity index (χ3v) is 1.48. The van der Waals surface area contributed by atoms with Gasteiger partial charge < -0.3 is 0 Å². The zero-order valence-electron chi connectivity index (χ0n) is 6.70. The van der Waals surface area contributed by atoms with Crippen LogP contribution in [0.15, 0.2) is 12.4 Å². The summed E-state index contributed by atoms with van der Waals surface area (Å²) in [4.78, 5) is 0. The van der Waals surface area contributed by atoms with Crippen molar-refractivity contribution in [3.63, 3.8) is 0 Å². The van der Waals surface area contributed by atoms with E-state index in [1.807, 2.05) is 30.4 Å². The molecule has 10 heavy (non-hydrogen) atoms. The van der Waals surface area contributed by atoms with Gasteiger partial charge >= 0.3 is 0 Å². The molecule has 0 aliphatic carbocycles. The largest absolute Gasteiger partial charge is 0.270 e. The second kappa shape index (κ2) is 2.86. The van der Waals surface area contributed by atoms with E-state index in [1.54, 1.807) is 0 Å². The average molecular weight is 137 g/mol. The Bertz CT molecular complexity index is 201. The van der Waals surface area contributed by atoms with Crippen molar-refractivity contribution in [2.45, 2.75) is 26.8 Å². The molecular weight excluding hydrogens is 124 g/mol. The van der Waals surface area contributed by atoms with Crippen LogP contribution in [0.25, 0.3) is 0 Å². The molecule has 2 nitrogen and oxygen atoms in total. The number of nitrogens with zero attached hydrogens (tertiary/aromatic N) is 2. The van der Waals surface area contributed by atoms with Gasteiger partial charge in [0.05, 0.1) is 6.20 Å². The summed E-state index contributed by atoms with van der Waals surface area (Å²) in [7, 11) is 0. The van der Waals surface area contributed by atoms with E-state index in [9.17, 15) is 0 Å². The lowest BCUT2D eigenvalue weighted by molar-refractivity contribution is 0.532. The molecule has 1 rings (SSSR count). The molecule has 0 saturated heterocycles. The standard InChI is InChI=1S/C8H13N2/c1-4-8-5-9-10(6-8)7(2)3/h4-7H,1-3H3. The molecule has 0 aromatic carbocycles. The van der Waals surface area contributed by atoms with E-state index < -0.39 is 0 Å². The molecule has 0 aliphatic heterocycles. The fraction of sp³-hybridized carbons (Fsp3) is 0.500. The maximum atomic E-state index is 4.17. The predicted octanol–water partition coefficient (Wildman–Crippen LogP) is 2.04. The summed E-state index contributed by atoms with van der Waals surface area (Å²) in [5.74, 6) is 0. The summed E-state index contributed by atoms with van der Waals surface area (Å²) in [6, 6.07) is 0.466. The Morgan fingerprint density at radius 3 is 2.60 bits per heavy atom. The average Bonchev–Trinajstić information content (AvgIpc) is 2.34. The lowest BCUT2D eigenvalue weighted by Gasteiger charge is -2.02. The zero-order valence-corrected chi connectivity index (χ0v) is 6.70. The highest BCUT2D eigenvalue weighted by Crippen LogP contribution is 2.05. The van der Waals surface area contributed by atoms with E-state index >= 15 is 0 Å². The molecule has 0 aliphatic rings. The Hall–Kier alpha value is -0.790. The number of hydrogen-bond donors (Lipinski definition) is 0. The fourth-order valence-electron chi connectivity index (χ4n) is 0.784. The first-order valence-corrected chi connectivity index (χ1v) is 3.57. The molecule has 1 radical (unpaired) electrons. The van der Waals surface area contributed by atoms with Crippen molar-refractivity contribution in [2.75, 3.05) is 0 Å². The highest BCUT2D eigenvalue weighted by Gasteiger charge is 1.98. The molecule has 2 heteroatoms. The molecule has 0 spiro atoms. The van der Waals surface area contributed by atoms with Gasteiger partial charge in [-0.25, -0.2) is 0 Å². The second-order valence-electron chi connectivity index (χ2n) is 2.64. The van der Waals surface area contributed by atoms with Gasteiger partial charge in [-0.1, -0.05) is 6.92 Å². The number of hydrogen-bond acceptors (Lipinski definition) is 1. The Morgan fingerprint density at radius 1 is 1.60 bits per heavy atom. The maximum Gasteiger partial charge on any atom is 0.0524 e. The molecular formula is C8H13N2. The summed E-state index contributed by atoms with van der Waals surface area (Å²) in [5.41, 5.74) is 1.19. The first kappa shape index (κ1) is 7.32. The van der Waals surface area contributed by atoms with Crippen LogP contribution in [0.3, 0.4) is 0 Å². The molecule has 1 aromatic rings. The minimum Gasteiger partial charge on any atom is -0.270 e. The van der Waals surface area contributed by atoms with Crippen molar-refractivity contribution in [2.24, 2.45) is 0 Å². The molecule has 0 bridgehead atoms. The smallest absolute Gasteiger partial charge is 0.0524 e. The van der Waals surface area contributed by atoms with Gasteiger partial charge in [-0.2, -0.15) is 5.10 Å². The van der Waals surface area contributed by atoms with Crippen molar-refractivity contribution in [1.29, 1.82) is 0 Å². The van der Waals surface area contributed by atoms with Crippen molar-refractivity contribution >= 4 is 0 Å². The van der Waals surface area contributed by atoms with E-state index in [-0.39, 0.29) is 0 Å². The van der Waals surface area contributed by atoms with Crippen molar-refractivity contribution < 1.29 is 0 Å². The van der Waals surface area contributed by atoms with Crippen LogP contribution in [0.1, 0.15) is 32.4 Å². The molecule has 55 valence electrons. The van der Waals surface area contributed by atoms with E-state index in [0.29, 0.717) is 6.04 Å². The molecule has 1 heterocycles. The van der Waals surface area contributed by atoms with E-state index in [1.165, 1.54) is 5.56 Å². The quantitative estimate of drug-likeness (QED) is 0.610. The normalized spacial score (nSPS) is 10.8. The summed E-state index contributed by atoms with van der Waals surface area (Å²) in [6.45, 7) is 6.25. The van der Waals surface area contributed by atoms with Crippen LogP contribution in [0.2, 0.25) is 0 Å². The van der Waals surface area contributed by atoms with Crippen LogP contribution < -0.4 is 0 Å². The first-order valence-electron chi connectivity index (χ1n) is 3.57. The van der Waals surface area contributed by atoms with E-state index in [2.05, 4.69) is 18.9 Å². The molecule has 0 amide bonds. The highest BCUT2D eigenvalue weighted by molar-refractivity contribution is 5.13. The van der Waals surface area contributed by atoms with Crippen LogP contribution in [-0.2, 0) is 0 Å². The Labute approximate surface area is 61.9 Å². The zero-order chi connectivity index (χ0) is 7.56. The van der Waals surface area contributed by atoms with E-state index in [4.69, 9.17) is 0 Å². The summed E-state index contributed by atoms with van der Waals surface area (Å²) in [5, 5.41) is 4.17. The van der Waals surface area contributed by atoms with Crippen LogP contribution in [0.4, 0.5) is 0 Å². The van der Waals surface area contributed by atoms with Gasteiger partial charge in [0, 0.05) is 12.2 Å².